The third-order valence-corrected chi connectivity index (χ3v) is 8.15. The maximum absolute atomic E-state index is 14.0. The molecule has 0 amide bonds. The number of fused-ring (bicyclic) bond motifs is 1. The van der Waals surface area contributed by atoms with Crippen LogP contribution in [0.1, 0.15) is 38.9 Å². The molecule has 0 bridgehead atoms. The number of carbonyl (C=O) groups is 1. The lowest BCUT2D eigenvalue weighted by Crippen LogP contribution is -2.13. The molecular formula is C21H21O21P5. The maximum atomic E-state index is 14.0. The van der Waals surface area contributed by atoms with Gasteiger partial charge < -0.3 is 22.6 Å². The molecule has 256 valence electrons. The van der Waals surface area contributed by atoms with Crippen molar-refractivity contribution < 1.29 is 99.2 Å². The van der Waals surface area contributed by atoms with Crippen LogP contribution in [0.25, 0.3) is 0 Å². The smallest absolute Gasteiger partial charge is 0.404 e. The van der Waals surface area contributed by atoms with E-state index in [-0.39, 0.29) is 16.9 Å². The van der Waals surface area contributed by atoms with Gasteiger partial charge in [0.05, 0.1) is 5.92 Å². The zero-order valence-corrected chi connectivity index (χ0v) is 27.0. The Morgan fingerprint density at radius 1 is 0.447 bits per heavy atom. The zero-order valence-electron chi connectivity index (χ0n) is 22.5. The molecule has 0 aromatic heterocycles. The Morgan fingerprint density at radius 3 is 1.28 bits per heavy atom. The van der Waals surface area contributed by atoms with E-state index in [1.807, 2.05) is 0 Å². The number of ketones is 1. The Kier molecular flexibility index (Phi) is 10.1. The Balaban J connectivity index is 2.04. The number of Topliss-reactive ketones (excluding diaryl/α,β-unsaturated/α-hetero) is 1. The van der Waals surface area contributed by atoms with E-state index in [9.17, 15) is 66.8 Å². The molecule has 26 heteroatoms. The van der Waals surface area contributed by atoms with Gasteiger partial charge in [-0.3, -0.25) is 53.7 Å². The van der Waals surface area contributed by atoms with Crippen molar-refractivity contribution >= 4 is 44.9 Å². The predicted octanol–water partition coefficient (Wildman–Crippen LogP) is 2.16. The van der Waals surface area contributed by atoms with Gasteiger partial charge in [-0.2, -0.15) is 0 Å². The molecule has 0 unspecified atom stereocenters. The van der Waals surface area contributed by atoms with Crippen LogP contribution < -0.4 is 22.6 Å². The second-order valence-electron chi connectivity index (χ2n) is 9.42. The molecule has 0 heterocycles. The summed E-state index contributed by atoms with van der Waals surface area (Å²) in [6.45, 7) is 0. The second-order valence-corrected chi connectivity index (χ2v) is 15.2. The average molecular weight is 764 g/mol. The minimum Gasteiger partial charge on any atom is -0.404 e. The molecule has 0 spiro atoms. The molecule has 4 rings (SSSR count). The molecule has 0 saturated heterocycles. The standard InChI is InChI=1S/C21H21O21P5/c22-21-16-8-15(41-46(32,33)34)9-17(42-47(35,36)37)20(16)18(19(21)10-1-3-12(4-2-10)38-43(23,24)25)11-5-13(39-44(26,27)28)7-14(6-11)40-45(29,30)31/h1-9,18-19H,(H2,23,24,25)(H2,26,27,28)(H2,29,30,31)(H2,32,33,34)(H2,35,36,37)/t18-,19-/m0/s1. The quantitative estimate of drug-likeness (QED) is 0.118. The zero-order chi connectivity index (χ0) is 35.3. The van der Waals surface area contributed by atoms with E-state index in [1.165, 1.54) is 0 Å². The number of rotatable bonds is 12. The van der Waals surface area contributed by atoms with Gasteiger partial charge in [0.25, 0.3) is 0 Å². The Hall–Kier alpha value is -2.92. The van der Waals surface area contributed by atoms with E-state index in [4.69, 9.17) is 14.3 Å². The van der Waals surface area contributed by atoms with Crippen LogP contribution in [0.5, 0.6) is 28.7 Å². The summed E-state index contributed by atoms with van der Waals surface area (Å²) in [5.74, 6) is -7.73. The molecule has 47 heavy (non-hydrogen) atoms. The summed E-state index contributed by atoms with van der Waals surface area (Å²) in [4.78, 5) is 108. The number of phosphoric ester groups is 5. The van der Waals surface area contributed by atoms with Crippen LogP contribution in [0, 0.1) is 0 Å². The maximum Gasteiger partial charge on any atom is 0.524 e. The van der Waals surface area contributed by atoms with Crippen LogP contribution in [0.15, 0.2) is 54.6 Å². The highest BCUT2D eigenvalue weighted by molar-refractivity contribution is 7.47. The molecule has 10 N–H and O–H groups in total. The van der Waals surface area contributed by atoms with Crippen molar-refractivity contribution in [1.29, 1.82) is 0 Å². The number of carbonyl (C=O) groups excluding carboxylic acids is 1. The number of hydrogen-bond acceptors (Lipinski definition) is 11. The van der Waals surface area contributed by atoms with E-state index < -0.39 is 90.9 Å². The van der Waals surface area contributed by atoms with Crippen molar-refractivity contribution in [3.63, 3.8) is 0 Å². The van der Waals surface area contributed by atoms with Crippen LogP contribution in [0.4, 0.5) is 0 Å². The summed E-state index contributed by atoms with van der Waals surface area (Å²) in [6.07, 6.45) is 0. The third-order valence-electron chi connectivity index (χ3n) is 5.92. The van der Waals surface area contributed by atoms with Crippen molar-refractivity contribution in [3.05, 3.63) is 76.9 Å². The van der Waals surface area contributed by atoms with Crippen molar-refractivity contribution in [1.82, 2.24) is 0 Å². The molecule has 3 aromatic carbocycles. The van der Waals surface area contributed by atoms with E-state index >= 15 is 0 Å². The number of hydrogen-bond donors (Lipinski definition) is 10. The Bertz CT molecular complexity index is 1910. The molecule has 3 aromatic rings. The fraction of sp³-hybridized carbons (Fsp3) is 0.0952. The summed E-state index contributed by atoms with van der Waals surface area (Å²) in [5.41, 5.74) is -1.28. The van der Waals surface area contributed by atoms with Crippen LogP contribution in [0.2, 0.25) is 0 Å². The first-order valence-corrected chi connectivity index (χ1v) is 19.6. The number of benzene rings is 3. The summed E-state index contributed by atoms with van der Waals surface area (Å²) in [5, 5.41) is 0. The minimum absolute atomic E-state index is 0.0207. The van der Waals surface area contributed by atoms with Gasteiger partial charge >= 0.3 is 39.1 Å². The lowest BCUT2D eigenvalue weighted by Gasteiger charge is -2.24. The van der Waals surface area contributed by atoms with E-state index in [0.717, 1.165) is 42.5 Å². The van der Waals surface area contributed by atoms with Crippen LogP contribution in [-0.2, 0) is 22.8 Å². The van der Waals surface area contributed by atoms with Gasteiger partial charge in [-0.1, -0.05) is 12.1 Å². The lowest BCUT2D eigenvalue weighted by molar-refractivity contribution is 0.0967. The molecule has 0 saturated carbocycles. The molecule has 0 radical (unpaired) electrons. The summed E-state index contributed by atoms with van der Waals surface area (Å²) in [6, 6.07) is 8.10. The first-order valence-electron chi connectivity index (χ1n) is 12.0. The third kappa shape index (κ3) is 10.3. The van der Waals surface area contributed by atoms with Crippen molar-refractivity contribution in [2.75, 3.05) is 0 Å². The molecule has 2 atom stereocenters. The molecule has 1 aliphatic rings. The normalized spacial score (nSPS) is 17.2. The largest absolute Gasteiger partial charge is 0.524 e. The monoisotopic (exact) mass is 764 g/mol. The lowest BCUT2D eigenvalue weighted by atomic mass is 9.81. The molecule has 21 nitrogen and oxygen atoms in total. The highest BCUT2D eigenvalue weighted by Crippen LogP contribution is 2.57. The topological polar surface area (TPSA) is 351 Å². The van der Waals surface area contributed by atoms with Gasteiger partial charge in [-0.25, -0.2) is 22.8 Å². The number of phosphoric acid groups is 5. The first-order chi connectivity index (χ1) is 21.3. The van der Waals surface area contributed by atoms with Gasteiger partial charge in [-0.15, -0.1) is 0 Å². The Labute approximate surface area is 261 Å². The summed E-state index contributed by atoms with van der Waals surface area (Å²) < 4.78 is 80.9. The fourth-order valence-corrected chi connectivity index (χ4v) is 6.68. The summed E-state index contributed by atoms with van der Waals surface area (Å²) in [7, 11) is -26.6. The van der Waals surface area contributed by atoms with Gasteiger partial charge in [0.2, 0.25) is 0 Å². The first kappa shape index (κ1) is 36.9. The van der Waals surface area contributed by atoms with Crippen molar-refractivity contribution in [2.45, 2.75) is 11.8 Å². The SMILES string of the molecule is O=C1c2cc(OP(=O)(O)O)cc(OP(=O)(O)O)c2[C@@H](c2cc(OP(=O)(O)O)cc(OP(=O)(O)O)c2)[C@@H]1c1ccc(OP(=O)(O)O)cc1. The van der Waals surface area contributed by atoms with Gasteiger partial charge in [-0.05, 0) is 41.5 Å². The molecule has 0 fully saturated rings. The highest BCUT2D eigenvalue weighted by atomic mass is 31.2. The molecular weight excluding hydrogens is 743 g/mol. The molecule has 1 aliphatic carbocycles. The summed E-state index contributed by atoms with van der Waals surface area (Å²) >= 11 is 0. The van der Waals surface area contributed by atoms with E-state index in [0.29, 0.717) is 12.1 Å². The van der Waals surface area contributed by atoms with E-state index in [2.05, 4.69) is 18.1 Å². The fourth-order valence-electron chi connectivity index (χ4n) is 4.73. The van der Waals surface area contributed by atoms with Gasteiger partial charge in [0.1, 0.15) is 28.7 Å². The van der Waals surface area contributed by atoms with Crippen molar-refractivity contribution in [3.8, 4) is 28.7 Å². The van der Waals surface area contributed by atoms with Crippen molar-refractivity contribution in [2.24, 2.45) is 0 Å². The van der Waals surface area contributed by atoms with Crippen LogP contribution in [0.3, 0.4) is 0 Å². The highest BCUT2D eigenvalue weighted by Gasteiger charge is 2.46. The van der Waals surface area contributed by atoms with Crippen LogP contribution >= 0.6 is 39.1 Å². The average Bonchev–Trinajstić information content (AvgIpc) is 3.12. The van der Waals surface area contributed by atoms with Crippen LogP contribution in [-0.4, -0.2) is 54.7 Å². The molecule has 0 aliphatic heterocycles. The Morgan fingerprint density at radius 2 is 0.851 bits per heavy atom. The van der Waals surface area contributed by atoms with E-state index in [1.54, 1.807) is 0 Å². The second kappa shape index (κ2) is 12.8. The van der Waals surface area contributed by atoms with Gasteiger partial charge in [0.15, 0.2) is 5.78 Å². The minimum atomic E-state index is -5.53. The predicted molar refractivity (Wildman–Crippen MR) is 152 cm³/mol. The van der Waals surface area contributed by atoms with Gasteiger partial charge in [0, 0.05) is 29.2 Å².